The molecule has 1 unspecified atom stereocenters. The van der Waals surface area contributed by atoms with Crippen molar-refractivity contribution in [2.24, 2.45) is 16.8 Å². The van der Waals surface area contributed by atoms with Crippen molar-refractivity contribution in [1.82, 2.24) is 4.90 Å². The molecule has 0 bridgehead atoms. The number of hydrogen-bond acceptors (Lipinski definition) is 3. The third-order valence-electron chi connectivity index (χ3n) is 3.01. The molecule has 1 rings (SSSR count). The summed E-state index contributed by atoms with van der Waals surface area (Å²) in [5.74, 6) is -0.265. The van der Waals surface area contributed by atoms with Gasteiger partial charge < -0.3 is 15.8 Å². The van der Waals surface area contributed by atoms with Crippen LogP contribution in [0.3, 0.4) is 0 Å². The van der Waals surface area contributed by atoms with Gasteiger partial charge in [-0.2, -0.15) is 0 Å². The Kier molecular flexibility index (Phi) is 5.18. The summed E-state index contributed by atoms with van der Waals surface area (Å²) >= 11 is 6.00. The zero-order chi connectivity index (χ0) is 14.6. The van der Waals surface area contributed by atoms with Crippen molar-refractivity contribution in [3.05, 3.63) is 34.3 Å². The van der Waals surface area contributed by atoms with Crippen LogP contribution < -0.4 is 5.73 Å². The van der Waals surface area contributed by atoms with Crippen LogP contribution in [0.2, 0.25) is 5.02 Å². The van der Waals surface area contributed by atoms with E-state index in [9.17, 15) is 4.79 Å². The van der Waals surface area contributed by atoms with Crippen molar-refractivity contribution in [3.63, 3.8) is 0 Å². The maximum atomic E-state index is 12.3. The predicted molar refractivity (Wildman–Crippen MR) is 75.7 cm³/mol. The van der Waals surface area contributed by atoms with E-state index in [1.807, 2.05) is 0 Å². The zero-order valence-electron chi connectivity index (χ0n) is 11.2. The first-order valence-electron chi connectivity index (χ1n) is 5.86. The molecule has 6 heteroatoms. The highest BCUT2D eigenvalue weighted by atomic mass is 35.5. The van der Waals surface area contributed by atoms with Crippen molar-refractivity contribution in [2.45, 2.75) is 13.8 Å². The minimum Gasteiger partial charge on any atom is -0.409 e. The Labute approximate surface area is 117 Å². The molecule has 0 heterocycles. The van der Waals surface area contributed by atoms with Gasteiger partial charge in [-0.15, -0.1) is 0 Å². The lowest BCUT2D eigenvalue weighted by Gasteiger charge is -2.22. The number of amides is 1. The number of carbonyl (C=O) groups is 1. The number of halogens is 1. The molecule has 0 spiro atoms. The molecule has 0 aliphatic heterocycles. The molecular formula is C13H18ClN3O2. The van der Waals surface area contributed by atoms with E-state index < -0.39 is 0 Å². The topological polar surface area (TPSA) is 78.9 Å². The number of carbonyl (C=O) groups excluding carboxylic acids is 1. The second kappa shape index (κ2) is 6.43. The summed E-state index contributed by atoms with van der Waals surface area (Å²) in [5.41, 5.74) is 6.80. The summed E-state index contributed by atoms with van der Waals surface area (Å²) in [6.45, 7) is 3.95. The summed E-state index contributed by atoms with van der Waals surface area (Å²) in [6.07, 6.45) is 0. The molecule has 104 valence electrons. The van der Waals surface area contributed by atoms with Gasteiger partial charge in [-0.1, -0.05) is 29.7 Å². The quantitative estimate of drug-likeness (QED) is 0.384. The third kappa shape index (κ3) is 3.61. The first kappa shape index (κ1) is 15.3. The van der Waals surface area contributed by atoms with Crippen LogP contribution in [0, 0.1) is 12.8 Å². The van der Waals surface area contributed by atoms with Crippen LogP contribution in [0.1, 0.15) is 22.8 Å². The normalized spacial score (nSPS) is 13.2. The van der Waals surface area contributed by atoms with E-state index in [0.717, 1.165) is 5.56 Å². The van der Waals surface area contributed by atoms with Gasteiger partial charge in [-0.3, -0.25) is 4.79 Å². The monoisotopic (exact) mass is 283 g/mol. The molecule has 19 heavy (non-hydrogen) atoms. The average molecular weight is 284 g/mol. The molecule has 0 aliphatic rings. The van der Waals surface area contributed by atoms with Gasteiger partial charge in [0.25, 0.3) is 5.91 Å². The smallest absolute Gasteiger partial charge is 0.253 e. The molecule has 1 aromatic carbocycles. The molecule has 0 saturated heterocycles. The lowest BCUT2D eigenvalue weighted by molar-refractivity contribution is 0.0785. The van der Waals surface area contributed by atoms with Crippen molar-refractivity contribution in [3.8, 4) is 0 Å². The van der Waals surface area contributed by atoms with E-state index in [1.54, 1.807) is 39.1 Å². The van der Waals surface area contributed by atoms with E-state index in [1.165, 1.54) is 4.90 Å². The van der Waals surface area contributed by atoms with Crippen LogP contribution in [0.15, 0.2) is 23.4 Å². The maximum absolute atomic E-state index is 12.3. The van der Waals surface area contributed by atoms with Crippen molar-refractivity contribution in [1.29, 1.82) is 0 Å². The third-order valence-corrected chi connectivity index (χ3v) is 3.42. The number of nitrogens with two attached hydrogens (primary N) is 1. The molecule has 0 fully saturated rings. The van der Waals surface area contributed by atoms with E-state index in [2.05, 4.69) is 5.16 Å². The Morgan fingerprint density at radius 2 is 2.21 bits per heavy atom. The zero-order valence-corrected chi connectivity index (χ0v) is 12.0. The van der Waals surface area contributed by atoms with Gasteiger partial charge in [-0.05, 0) is 24.6 Å². The largest absolute Gasteiger partial charge is 0.409 e. The highest BCUT2D eigenvalue weighted by Crippen LogP contribution is 2.20. The van der Waals surface area contributed by atoms with Crippen LogP contribution in [0.25, 0.3) is 0 Å². The van der Waals surface area contributed by atoms with Gasteiger partial charge in [0, 0.05) is 30.1 Å². The van der Waals surface area contributed by atoms with Crippen LogP contribution in [-0.4, -0.2) is 35.4 Å². The molecule has 0 radical (unpaired) electrons. The summed E-state index contributed by atoms with van der Waals surface area (Å²) in [4.78, 5) is 13.8. The van der Waals surface area contributed by atoms with Gasteiger partial charge in [0.1, 0.15) is 5.84 Å². The van der Waals surface area contributed by atoms with E-state index >= 15 is 0 Å². The lowest BCUT2D eigenvalue weighted by atomic mass is 10.1. The fourth-order valence-corrected chi connectivity index (χ4v) is 1.91. The van der Waals surface area contributed by atoms with E-state index in [0.29, 0.717) is 17.1 Å². The standard InChI is InChI=1S/C13H18ClN3O2/c1-8(12(15)16-19)7-17(3)13(18)10-5-4-6-11(14)9(10)2/h4-6,8,19H,7H2,1-3H3,(H2,15,16). The summed E-state index contributed by atoms with van der Waals surface area (Å²) < 4.78 is 0. The Hall–Kier alpha value is -1.75. The molecule has 5 nitrogen and oxygen atoms in total. The van der Waals surface area contributed by atoms with E-state index in [4.69, 9.17) is 22.5 Å². The van der Waals surface area contributed by atoms with Gasteiger partial charge in [0.2, 0.25) is 0 Å². The molecule has 1 aromatic rings. The molecular weight excluding hydrogens is 266 g/mol. The molecule has 1 amide bonds. The fourth-order valence-electron chi connectivity index (χ4n) is 1.73. The van der Waals surface area contributed by atoms with Crippen molar-refractivity contribution < 1.29 is 10.0 Å². The molecule has 0 aliphatic carbocycles. The number of benzene rings is 1. The number of rotatable bonds is 4. The van der Waals surface area contributed by atoms with E-state index in [-0.39, 0.29) is 17.7 Å². The fraction of sp³-hybridized carbons (Fsp3) is 0.385. The predicted octanol–water partition coefficient (Wildman–Crippen LogP) is 2.10. The molecule has 0 saturated carbocycles. The Bertz CT molecular complexity index is 503. The van der Waals surface area contributed by atoms with Crippen molar-refractivity contribution in [2.75, 3.05) is 13.6 Å². The van der Waals surface area contributed by atoms with Gasteiger partial charge >= 0.3 is 0 Å². The summed E-state index contributed by atoms with van der Waals surface area (Å²) in [7, 11) is 1.67. The number of hydrogen-bond donors (Lipinski definition) is 2. The first-order chi connectivity index (χ1) is 8.88. The second-order valence-electron chi connectivity index (χ2n) is 4.52. The SMILES string of the molecule is Cc1c(Cl)cccc1C(=O)N(C)CC(C)/C(N)=N/O. The average Bonchev–Trinajstić information content (AvgIpc) is 2.39. The van der Waals surface area contributed by atoms with Crippen LogP contribution >= 0.6 is 11.6 Å². The van der Waals surface area contributed by atoms with Gasteiger partial charge in [0.05, 0.1) is 0 Å². The summed E-state index contributed by atoms with van der Waals surface area (Å²) in [6, 6.07) is 5.21. The molecule has 0 aromatic heterocycles. The Balaban J connectivity index is 2.86. The highest BCUT2D eigenvalue weighted by Gasteiger charge is 2.18. The maximum Gasteiger partial charge on any atom is 0.253 e. The Morgan fingerprint density at radius 3 is 2.79 bits per heavy atom. The number of amidine groups is 1. The van der Waals surface area contributed by atoms with Gasteiger partial charge in [-0.25, -0.2) is 0 Å². The minimum absolute atomic E-state index is 0.0995. The number of oxime groups is 1. The minimum atomic E-state index is -0.224. The lowest BCUT2D eigenvalue weighted by Crippen LogP contribution is -2.36. The Morgan fingerprint density at radius 1 is 1.58 bits per heavy atom. The first-order valence-corrected chi connectivity index (χ1v) is 6.24. The number of nitrogens with zero attached hydrogens (tertiary/aromatic N) is 2. The van der Waals surface area contributed by atoms with Gasteiger partial charge in [0.15, 0.2) is 0 Å². The van der Waals surface area contributed by atoms with Crippen molar-refractivity contribution >= 4 is 23.3 Å². The highest BCUT2D eigenvalue weighted by molar-refractivity contribution is 6.31. The van der Waals surface area contributed by atoms with Crippen LogP contribution in [0.5, 0.6) is 0 Å². The second-order valence-corrected chi connectivity index (χ2v) is 4.93. The van der Waals surface area contributed by atoms with Crippen LogP contribution in [0.4, 0.5) is 0 Å². The summed E-state index contributed by atoms with van der Waals surface area (Å²) in [5, 5.41) is 12.1. The van der Waals surface area contributed by atoms with Crippen LogP contribution in [-0.2, 0) is 0 Å². The molecule has 1 atom stereocenters. The molecule has 3 N–H and O–H groups in total.